The van der Waals surface area contributed by atoms with Gasteiger partial charge < -0.3 is 0 Å². The maximum Gasteiger partial charge on any atom is 0.267 e. The third-order valence-corrected chi connectivity index (χ3v) is 2.42. The minimum Gasteiger partial charge on any atom is -0.276 e. The van der Waals surface area contributed by atoms with Gasteiger partial charge in [0.05, 0.1) is 16.7 Å². The van der Waals surface area contributed by atoms with Gasteiger partial charge in [-0.1, -0.05) is 0 Å². The zero-order chi connectivity index (χ0) is 11.6. The minimum absolute atomic E-state index is 0.194. The maximum absolute atomic E-state index is 12.6. The Morgan fingerprint density at radius 3 is 2.67 bits per heavy atom. The molecule has 0 amide bonds. The molecule has 0 radical (unpaired) electrons. The van der Waals surface area contributed by atoms with E-state index in [1.165, 1.54) is 0 Å². The number of rotatable bonds is 2. The van der Waals surface area contributed by atoms with Crippen molar-refractivity contribution in [3.63, 3.8) is 0 Å². The van der Waals surface area contributed by atoms with Crippen LogP contribution in [0.5, 0.6) is 0 Å². The Hall–Kier alpha value is -1.06. The van der Waals surface area contributed by atoms with Gasteiger partial charge in [-0.05, 0) is 27.5 Å². The molecule has 7 heteroatoms. The van der Waals surface area contributed by atoms with Crippen molar-refractivity contribution in [2.24, 2.45) is 0 Å². The fraction of sp³-hybridized carbons (Fsp3) is 0.125. The molecule has 1 aromatic heterocycles. The molecule has 1 rings (SSSR count). The summed E-state index contributed by atoms with van der Waals surface area (Å²) in [4.78, 5) is 14.5. The van der Waals surface area contributed by atoms with E-state index in [1.807, 2.05) is 0 Å². The summed E-state index contributed by atoms with van der Waals surface area (Å²) in [6, 6.07) is 1.58. The highest BCUT2D eigenvalue weighted by Gasteiger charge is 2.24. The van der Waals surface area contributed by atoms with E-state index in [9.17, 15) is 13.6 Å². The van der Waals surface area contributed by atoms with Gasteiger partial charge in [-0.15, -0.1) is 0 Å². The van der Waals surface area contributed by atoms with E-state index in [0.717, 1.165) is 6.20 Å². The third-order valence-electron chi connectivity index (χ3n) is 1.60. The van der Waals surface area contributed by atoms with Gasteiger partial charge in [0.2, 0.25) is 0 Å². The molecule has 1 heterocycles. The normalized spacial score (nSPS) is 10.1. The molecule has 15 heavy (non-hydrogen) atoms. The first-order valence-electron chi connectivity index (χ1n) is 3.55. The van der Waals surface area contributed by atoms with E-state index in [-0.39, 0.29) is 10.2 Å². The molecule has 0 aromatic carbocycles. The smallest absolute Gasteiger partial charge is 0.267 e. The van der Waals surface area contributed by atoms with Crippen LogP contribution in [0.2, 0.25) is 0 Å². The average molecular weight is 295 g/mol. The lowest BCUT2D eigenvalue weighted by molar-refractivity contribution is 0.106. The number of hydrogen-bond acceptors (Lipinski definition) is 3. The summed E-state index contributed by atoms with van der Waals surface area (Å²) in [5.74, 6) is 0. The number of aromatic nitrogens is 1. The van der Waals surface area contributed by atoms with Crippen molar-refractivity contribution in [1.29, 1.82) is 5.26 Å². The highest BCUT2D eigenvalue weighted by atomic mass is 79.9. The molecule has 0 aliphatic rings. The topological polar surface area (TPSA) is 53.8 Å². The van der Waals surface area contributed by atoms with Crippen molar-refractivity contribution in [1.82, 2.24) is 4.98 Å². The third kappa shape index (κ3) is 2.30. The fourth-order valence-electron chi connectivity index (χ4n) is 0.999. The van der Waals surface area contributed by atoms with E-state index in [4.69, 9.17) is 16.9 Å². The summed E-state index contributed by atoms with van der Waals surface area (Å²) < 4.78 is 25.0. The predicted octanol–water partition coefficient (Wildman–Crippen LogP) is 3.03. The van der Waals surface area contributed by atoms with Crippen LogP contribution in [-0.4, -0.2) is 10.2 Å². The number of nitrogens with zero attached hydrogens (tertiary/aromatic N) is 2. The Balaban J connectivity index is 3.60. The van der Waals surface area contributed by atoms with E-state index in [2.05, 4.69) is 20.9 Å². The Bertz CT molecular complexity index is 459. The number of hydrogen-bond donors (Lipinski definition) is 0. The van der Waals surface area contributed by atoms with Crippen LogP contribution in [0.15, 0.2) is 10.8 Å². The number of pyridine rings is 1. The molecule has 0 aliphatic heterocycles. The summed E-state index contributed by atoms with van der Waals surface area (Å²) in [6.45, 7) is 0. The summed E-state index contributed by atoms with van der Waals surface area (Å²) in [5.41, 5.74) is -1.43. The zero-order valence-corrected chi connectivity index (χ0v) is 9.31. The molecule has 0 spiro atoms. The van der Waals surface area contributed by atoms with Crippen LogP contribution in [-0.2, 0) is 0 Å². The first-order chi connectivity index (χ1) is 6.99. The Morgan fingerprint density at radius 2 is 2.27 bits per heavy atom. The number of nitriles is 1. The largest absolute Gasteiger partial charge is 0.276 e. The number of halogens is 4. The summed E-state index contributed by atoms with van der Waals surface area (Å²) in [6.07, 6.45) is -1.93. The van der Waals surface area contributed by atoms with Gasteiger partial charge >= 0.3 is 0 Å². The molecule has 0 bridgehead atoms. The number of carbonyl (C=O) groups excluding carboxylic acids is 1. The van der Waals surface area contributed by atoms with E-state index in [1.54, 1.807) is 6.07 Å². The van der Waals surface area contributed by atoms with Crippen molar-refractivity contribution in [2.75, 3.05) is 0 Å². The lowest BCUT2D eigenvalue weighted by atomic mass is 10.1. The Morgan fingerprint density at radius 1 is 1.67 bits per heavy atom. The Labute approximate surface area is 96.8 Å². The first-order valence-corrected chi connectivity index (χ1v) is 4.72. The van der Waals surface area contributed by atoms with Crippen LogP contribution < -0.4 is 0 Å². The molecular weight excluding hydrogens is 293 g/mol. The fourth-order valence-corrected chi connectivity index (χ4v) is 1.68. The molecule has 3 nitrogen and oxygen atoms in total. The number of alkyl halides is 2. The average Bonchev–Trinajstić information content (AvgIpc) is 2.16. The second-order valence-corrected chi connectivity index (χ2v) is 3.53. The van der Waals surface area contributed by atoms with Crippen molar-refractivity contribution < 1.29 is 13.6 Å². The molecular formula is C8H2BrClF2N2O. The quantitative estimate of drug-likeness (QED) is 0.622. The standard InChI is InChI=1S/C8H2BrClF2N2O/c9-6-5(8(11)12)4(7(10)15)3(1-13)2-14-6/h2,8H. The lowest BCUT2D eigenvalue weighted by Gasteiger charge is -2.07. The maximum atomic E-state index is 12.6. The van der Waals surface area contributed by atoms with E-state index >= 15 is 0 Å². The van der Waals surface area contributed by atoms with Gasteiger partial charge in [0, 0.05) is 6.20 Å². The van der Waals surface area contributed by atoms with Crippen molar-refractivity contribution in [3.05, 3.63) is 27.5 Å². The summed E-state index contributed by atoms with van der Waals surface area (Å²) in [7, 11) is 0. The van der Waals surface area contributed by atoms with Gasteiger partial charge in [-0.25, -0.2) is 13.8 Å². The molecule has 0 fully saturated rings. The number of carbonyl (C=O) groups is 1. The molecule has 0 N–H and O–H groups in total. The van der Waals surface area contributed by atoms with Crippen molar-refractivity contribution >= 4 is 32.8 Å². The molecule has 0 unspecified atom stereocenters. The van der Waals surface area contributed by atoms with Crippen LogP contribution in [0.25, 0.3) is 0 Å². The molecule has 1 aromatic rings. The summed E-state index contributed by atoms with van der Waals surface area (Å²) in [5, 5.41) is 7.50. The minimum atomic E-state index is -2.93. The van der Waals surface area contributed by atoms with Gasteiger partial charge in [-0.3, -0.25) is 4.79 Å². The SMILES string of the molecule is N#Cc1cnc(Br)c(C(F)F)c1C(=O)Cl. The highest BCUT2D eigenvalue weighted by Crippen LogP contribution is 2.31. The van der Waals surface area contributed by atoms with Crippen molar-refractivity contribution in [3.8, 4) is 6.07 Å². The van der Waals surface area contributed by atoms with Crippen LogP contribution in [0.1, 0.15) is 27.9 Å². The predicted molar refractivity (Wildman–Crippen MR) is 51.8 cm³/mol. The van der Waals surface area contributed by atoms with Gasteiger partial charge in [0.15, 0.2) is 0 Å². The first kappa shape index (κ1) is 12.0. The summed E-state index contributed by atoms with van der Waals surface area (Å²) >= 11 is 7.90. The molecule has 0 saturated carbocycles. The van der Waals surface area contributed by atoms with Gasteiger partial charge in [-0.2, -0.15) is 5.26 Å². The zero-order valence-electron chi connectivity index (χ0n) is 6.97. The molecule has 0 saturated heterocycles. The lowest BCUT2D eigenvalue weighted by Crippen LogP contribution is -2.04. The molecule has 78 valence electrons. The Kier molecular flexibility index (Phi) is 3.72. The molecule has 0 atom stereocenters. The monoisotopic (exact) mass is 294 g/mol. The van der Waals surface area contributed by atoms with Gasteiger partial charge in [0.25, 0.3) is 11.7 Å². The van der Waals surface area contributed by atoms with E-state index < -0.39 is 22.8 Å². The van der Waals surface area contributed by atoms with Crippen LogP contribution >= 0.6 is 27.5 Å². The van der Waals surface area contributed by atoms with Crippen molar-refractivity contribution in [2.45, 2.75) is 6.43 Å². The van der Waals surface area contributed by atoms with Crippen LogP contribution in [0, 0.1) is 11.3 Å². The van der Waals surface area contributed by atoms with E-state index in [0.29, 0.717) is 0 Å². The van der Waals surface area contributed by atoms with Crippen LogP contribution in [0.4, 0.5) is 8.78 Å². The highest BCUT2D eigenvalue weighted by molar-refractivity contribution is 9.10. The second kappa shape index (κ2) is 4.64. The van der Waals surface area contributed by atoms with Gasteiger partial charge in [0.1, 0.15) is 10.7 Å². The molecule has 0 aliphatic carbocycles. The second-order valence-electron chi connectivity index (χ2n) is 2.44. The van der Waals surface area contributed by atoms with Crippen LogP contribution in [0.3, 0.4) is 0 Å².